The molecule has 146 valence electrons. The molecule has 0 saturated heterocycles. The predicted octanol–water partition coefficient (Wildman–Crippen LogP) is 5.43. The Morgan fingerprint density at radius 1 is 1.07 bits per heavy atom. The summed E-state index contributed by atoms with van der Waals surface area (Å²) < 4.78 is 8.75. The van der Waals surface area contributed by atoms with Crippen molar-refractivity contribution < 1.29 is 9.21 Å². The third kappa shape index (κ3) is 3.46. The number of carbonyl (C=O) groups is 1. The van der Waals surface area contributed by atoms with Crippen molar-refractivity contribution in [3.63, 3.8) is 0 Å². The summed E-state index contributed by atoms with van der Waals surface area (Å²) in [6.07, 6.45) is 4.53. The zero-order valence-corrected chi connectivity index (χ0v) is 17.3. The van der Waals surface area contributed by atoms with Gasteiger partial charge in [-0.15, -0.1) is 10.2 Å². The van der Waals surface area contributed by atoms with Crippen molar-refractivity contribution in [3.05, 3.63) is 64.6 Å². The van der Waals surface area contributed by atoms with Crippen molar-refractivity contribution in [2.75, 3.05) is 5.32 Å². The monoisotopic (exact) mass is 450 g/mol. The number of benzene rings is 2. The van der Waals surface area contributed by atoms with E-state index in [9.17, 15) is 4.79 Å². The minimum absolute atomic E-state index is 0.277. The number of fused-ring (bicyclic) bond motifs is 2. The van der Waals surface area contributed by atoms with Crippen LogP contribution in [0.25, 0.3) is 22.4 Å². The van der Waals surface area contributed by atoms with Gasteiger partial charge in [0.1, 0.15) is 11.4 Å². The lowest BCUT2D eigenvalue weighted by molar-refractivity contribution is 0.0998. The number of aryl methyl sites for hydroxylation is 1. The first-order valence-corrected chi connectivity index (χ1v) is 10.5. The Morgan fingerprint density at radius 2 is 1.93 bits per heavy atom. The van der Waals surface area contributed by atoms with E-state index in [1.807, 2.05) is 42.5 Å². The molecule has 1 aliphatic rings. The highest BCUT2D eigenvalue weighted by Gasteiger charge is 2.17. The molecule has 1 aliphatic heterocycles. The number of halogens is 1. The van der Waals surface area contributed by atoms with Gasteiger partial charge in [-0.05, 0) is 65.2 Å². The Hall–Kier alpha value is -2.93. The molecule has 1 N–H and O–H groups in total. The van der Waals surface area contributed by atoms with Crippen LogP contribution < -0.4 is 5.32 Å². The van der Waals surface area contributed by atoms with E-state index >= 15 is 0 Å². The molecule has 3 heterocycles. The minimum Gasteiger partial charge on any atom is -0.450 e. The molecule has 0 atom stereocenters. The number of para-hydroxylation sites is 1. The Balaban J connectivity index is 1.36. The molecule has 29 heavy (non-hydrogen) atoms. The van der Waals surface area contributed by atoms with Gasteiger partial charge in [0.15, 0.2) is 11.6 Å². The van der Waals surface area contributed by atoms with Crippen molar-refractivity contribution in [2.45, 2.75) is 32.2 Å². The molecular formula is C22H19BrN4O2. The fourth-order valence-electron chi connectivity index (χ4n) is 3.73. The van der Waals surface area contributed by atoms with Crippen LogP contribution in [0.5, 0.6) is 0 Å². The second-order valence-corrected chi connectivity index (χ2v) is 8.06. The maximum absolute atomic E-state index is 12.6. The Kier molecular flexibility index (Phi) is 4.67. The van der Waals surface area contributed by atoms with Crippen molar-refractivity contribution in [2.24, 2.45) is 0 Å². The number of carbonyl (C=O) groups excluding carboxylic acids is 1. The molecule has 6 nitrogen and oxygen atoms in total. The van der Waals surface area contributed by atoms with Gasteiger partial charge in [-0.3, -0.25) is 4.79 Å². The number of hydrogen-bond donors (Lipinski definition) is 1. The van der Waals surface area contributed by atoms with Crippen LogP contribution >= 0.6 is 15.9 Å². The molecule has 2 aromatic heterocycles. The van der Waals surface area contributed by atoms with Crippen LogP contribution in [0.2, 0.25) is 0 Å². The average molecular weight is 451 g/mol. The molecule has 0 bridgehead atoms. The normalized spacial score (nSPS) is 13.8. The first-order valence-electron chi connectivity index (χ1n) is 9.71. The van der Waals surface area contributed by atoms with Crippen LogP contribution in [0.1, 0.15) is 35.6 Å². The zero-order chi connectivity index (χ0) is 19.8. The minimum atomic E-state index is -0.280. The van der Waals surface area contributed by atoms with E-state index in [1.54, 1.807) is 6.07 Å². The topological polar surface area (TPSA) is 73.0 Å². The molecule has 2 aromatic carbocycles. The summed E-state index contributed by atoms with van der Waals surface area (Å²) in [4.78, 5) is 12.6. The average Bonchev–Trinajstić information content (AvgIpc) is 3.27. The summed E-state index contributed by atoms with van der Waals surface area (Å²) in [7, 11) is 0. The predicted molar refractivity (Wildman–Crippen MR) is 115 cm³/mol. The van der Waals surface area contributed by atoms with Crippen molar-refractivity contribution in [1.29, 1.82) is 0 Å². The smallest absolute Gasteiger partial charge is 0.291 e. The third-order valence-corrected chi connectivity index (χ3v) is 5.85. The number of amides is 1. The van der Waals surface area contributed by atoms with Crippen molar-refractivity contribution >= 4 is 38.5 Å². The van der Waals surface area contributed by atoms with Gasteiger partial charge in [-0.2, -0.15) is 0 Å². The molecule has 1 amide bonds. The molecule has 0 aliphatic carbocycles. The molecule has 5 rings (SSSR count). The summed E-state index contributed by atoms with van der Waals surface area (Å²) in [6.45, 7) is 0.956. The standard InChI is InChI=1S/C22H19BrN4O2/c23-17-6-4-5-15-13-18(29-20(15)17)22(28)24-16-10-8-14(9-11-16)21-26-25-19-7-2-1-3-12-27(19)21/h4-6,8-11,13H,1-3,7,12H2,(H,24,28). The van der Waals surface area contributed by atoms with E-state index < -0.39 is 0 Å². The lowest BCUT2D eigenvalue weighted by Crippen LogP contribution is -2.10. The van der Waals surface area contributed by atoms with Crippen LogP contribution in [0, 0.1) is 0 Å². The summed E-state index contributed by atoms with van der Waals surface area (Å²) in [5.74, 6) is 1.95. The first kappa shape index (κ1) is 18.1. The van der Waals surface area contributed by atoms with E-state index in [4.69, 9.17) is 4.42 Å². The molecule has 0 radical (unpaired) electrons. The number of furan rings is 1. The summed E-state index contributed by atoms with van der Waals surface area (Å²) in [5, 5.41) is 12.5. The SMILES string of the molecule is O=C(Nc1ccc(-c2nnc3n2CCCCC3)cc1)c1cc2cccc(Br)c2o1. The van der Waals surface area contributed by atoms with Gasteiger partial charge in [0, 0.05) is 29.6 Å². The van der Waals surface area contributed by atoms with Gasteiger partial charge in [0.2, 0.25) is 0 Å². The first-order chi connectivity index (χ1) is 14.2. The number of hydrogen-bond acceptors (Lipinski definition) is 4. The molecule has 7 heteroatoms. The Bertz CT molecular complexity index is 1190. The van der Waals surface area contributed by atoms with E-state index in [0.717, 1.165) is 46.5 Å². The Morgan fingerprint density at radius 3 is 2.76 bits per heavy atom. The number of aromatic nitrogens is 3. The van der Waals surface area contributed by atoms with E-state index in [2.05, 4.69) is 36.0 Å². The van der Waals surface area contributed by atoms with Crippen molar-refractivity contribution in [3.8, 4) is 11.4 Å². The third-order valence-electron chi connectivity index (χ3n) is 5.23. The summed E-state index contributed by atoms with van der Waals surface area (Å²) in [6, 6.07) is 15.1. The molecule has 4 aromatic rings. The van der Waals surface area contributed by atoms with E-state index in [1.165, 1.54) is 12.8 Å². The molecule has 0 spiro atoms. The van der Waals surface area contributed by atoms with Gasteiger partial charge in [-0.1, -0.05) is 18.6 Å². The maximum Gasteiger partial charge on any atom is 0.291 e. The van der Waals surface area contributed by atoms with Gasteiger partial charge >= 0.3 is 0 Å². The number of nitrogens with zero attached hydrogens (tertiary/aromatic N) is 3. The number of nitrogens with one attached hydrogen (secondary N) is 1. The van der Waals surface area contributed by atoms with Gasteiger partial charge in [0.05, 0.1) is 4.47 Å². The van der Waals surface area contributed by atoms with E-state index in [-0.39, 0.29) is 11.7 Å². The quantitative estimate of drug-likeness (QED) is 0.451. The van der Waals surface area contributed by atoms with Crippen LogP contribution in [0.4, 0.5) is 5.69 Å². The van der Waals surface area contributed by atoms with Gasteiger partial charge < -0.3 is 14.3 Å². The van der Waals surface area contributed by atoms with Crippen molar-refractivity contribution in [1.82, 2.24) is 14.8 Å². The largest absolute Gasteiger partial charge is 0.450 e. The molecule has 0 unspecified atom stereocenters. The molecular weight excluding hydrogens is 432 g/mol. The zero-order valence-electron chi connectivity index (χ0n) is 15.7. The lowest BCUT2D eigenvalue weighted by atomic mass is 10.2. The van der Waals surface area contributed by atoms with Crippen LogP contribution in [-0.2, 0) is 13.0 Å². The second-order valence-electron chi connectivity index (χ2n) is 7.20. The molecule has 0 saturated carbocycles. The maximum atomic E-state index is 12.6. The fraction of sp³-hybridized carbons (Fsp3) is 0.227. The number of anilines is 1. The van der Waals surface area contributed by atoms with Crippen LogP contribution in [-0.4, -0.2) is 20.7 Å². The van der Waals surface area contributed by atoms with Gasteiger partial charge in [0.25, 0.3) is 5.91 Å². The number of rotatable bonds is 3. The van der Waals surface area contributed by atoms with E-state index in [0.29, 0.717) is 11.3 Å². The van der Waals surface area contributed by atoms with Crippen LogP contribution in [0.3, 0.4) is 0 Å². The summed E-state index contributed by atoms with van der Waals surface area (Å²) >= 11 is 3.45. The highest BCUT2D eigenvalue weighted by Crippen LogP contribution is 2.28. The van der Waals surface area contributed by atoms with Gasteiger partial charge in [-0.25, -0.2) is 0 Å². The second kappa shape index (κ2) is 7.48. The Labute approximate surface area is 176 Å². The van der Waals surface area contributed by atoms with Crippen LogP contribution in [0.15, 0.2) is 57.4 Å². The fourth-order valence-corrected chi connectivity index (χ4v) is 4.20. The summed E-state index contributed by atoms with van der Waals surface area (Å²) in [5.41, 5.74) is 2.37. The lowest BCUT2D eigenvalue weighted by Gasteiger charge is -2.08. The highest BCUT2D eigenvalue weighted by molar-refractivity contribution is 9.10. The highest BCUT2D eigenvalue weighted by atomic mass is 79.9. The molecule has 0 fully saturated rings.